The van der Waals surface area contributed by atoms with Gasteiger partial charge >= 0.3 is 6.03 Å². The number of piperazine rings is 1. The lowest BCUT2D eigenvalue weighted by atomic mass is 9.84. The van der Waals surface area contributed by atoms with Crippen LogP contribution in [-0.4, -0.2) is 125 Å². The maximum Gasteiger partial charge on any atom is 0.318 e. The van der Waals surface area contributed by atoms with Gasteiger partial charge in [-0.15, -0.1) is 0 Å². The number of benzene rings is 2. The Hall–Kier alpha value is -4.15. The lowest BCUT2D eigenvalue weighted by Crippen LogP contribution is -2.61. The fourth-order valence-corrected chi connectivity index (χ4v) is 9.42. The summed E-state index contributed by atoms with van der Waals surface area (Å²) < 4.78 is 51.9. The molecular weight excluding hydrogens is 712 g/mol. The molecule has 7 rings (SSSR count). The third-order valence-corrected chi connectivity index (χ3v) is 12.5. The highest BCUT2D eigenvalue weighted by molar-refractivity contribution is 7.93. The smallest absolute Gasteiger partial charge is 0.318 e. The molecule has 16 heteroatoms. The minimum absolute atomic E-state index is 0.0171. The van der Waals surface area contributed by atoms with Crippen molar-refractivity contribution in [3.05, 3.63) is 70.9 Å². The van der Waals surface area contributed by atoms with Crippen LogP contribution in [0.4, 0.5) is 10.5 Å². The number of piperidine rings is 1. The van der Waals surface area contributed by atoms with E-state index in [2.05, 4.69) is 20.1 Å². The Labute approximate surface area is 308 Å². The van der Waals surface area contributed by atoms with Crippen molar-refractivity contribution in [3.63, 3.8) is 0 Å². The number of hydrogen-bond donors (Lipinski definition) is 1. The van der Waals surface area contributed by atoms with Crippen molar-refractivity contribution in [1.82, 2.24) is 25.0 Å². The van der Waals surface area contributed by atoms with Gasteiger partial charge in [-0.3, -0.25) is 14.6 Å². The average molecular weight is 755 g/mol. The Kier molecular flexibility index (Phi) is 10.2. The molecule has 0 spiro atoms. The number of likely N-dealkylation sites (tertiary alicyclic amines) is 1. The molecule has 1 aromatic heterocycles. The van der Waals surface area contributed by atoms with Crippen LogP contribution in [-0.2, 0) is 25.1 Å². The van der Waals surface area contributed by atoms with Gasteiger partial charge < -0.3 is 29.2 Å². The van der Waals surface area contributed by atoms with Crippen molar-refractivity contribution in [2.75, 3.05) is 77.6 Å². The molecule has 0 saturated carbocycles. The van der Waals surface area contributed by atoms with E-state index in [1.54, 1.807) is 24.0 Å². The second-order valence-electron chi connectivity index (χ2n) is 13.2. The monoisotopic (exact) mass is 754 g/mol. The highest BCUT2D eigenvalue weighted by atomic mass is 35.5. The summed E-state index contributed by atoms with van der Waals surface area (Å²) in [7, 11) is -1.88. The van der Waals surface area contributed by atoms with E-state index in [0.717, 1.165) is 39.1 Å². The Morgan fingerprint density at radius 1 is 0.962 bits per heavy atom. The van der Waals surface area contributed by atoms with Gasteiger partial charge in [0.2, 0.25) is 5.88 Å². The van der Waals surface area contributed by atoms with Crippen LogP contribution in [0.1, 0.15) is 30.9 Å². The molecule has 0 aliphatic carbocycles. The summed E-state index contributed by atoms with van der Waals surface area (Å²) >= 11 is 6.56. The van der Waals surface area contributed by atoms with Crippen LogP contribution >= 0.6 is 11.6 Å². The second kappa shape index (κ2) is 14.7. The molecule has 4 aliphatic heterocycles. The molecule has 4 aliphatic rings. The molecule has 3 fully saturated rings. The first-order chi connectivity index (χ1) is 25.1. The van der Waals surface area contributed by atoms with Crippen molar-refractivity contribution in [3.8, 4) is 17.4 Å². The van der Waals surface area contributed by atoms with E-state index in [1.165, 1.54) is 56.8 Å². The van der Waals surface area contributed by atoms with E-state index in [9.17, 15) is 13.2 Å². The lowest BCUT2D eigenvalue weighted by molar-refractivity contribution is -0.121. The summed E-state index contributed by atoms with van der Waals surface area (Å²) in [6.45, 7) is 7.83. The number of pyridine rings is 1. The standard InChI is InChI=1S/C36H43ClN6O8S/c1-4-51-33-28(6-5-13-38-33)36(39-35(45)42-18-16-41(17-19-42)25-11-14-40(15-12-25)26-22-50-23-26)29-20-24(37)7-9-30(29)43(34(36)44)52(46,47)32-10-8-27(48-2)21-31(32)49-3/h5-10,13,20-21,25-26H,4,11-12,14-19,22-23H2,1-3H3,(H,39,45)/t36-/m1/s1. The average Bonchev–Trinajstić information content (AvgIpc) is 3.38. The number of anilines is 1. The second-order valence-corrected chi connectivity index (χ2v) is 15.4. The van der Waals surface area contributed by atoms with Crippen LogP contribution in [0.5, 0.6) is 17.4 Å². The number of nitrogens with one attached hydrogen (secondary N) is 1. The number of halogens is 1. The highest BCUT2D eigenvalue weighted by Crippen LogP contribution is 2.50. The molecule has 3 saturated heterocycles. The van der Waals surface area contributed by atoms with Crippen LogP contribution < -0.4 is 23.8 Å². The summed E-state index contributed by atoms with van der Waals surface area (Å²) in [5.74, 6) is -0.549. The number of amides is 3. The van der Waals surface area contributed by atoms with Crippen molar-refractivity contribution < 1.29 is 37.0 Å². The largest absolute Gasteiger partial charge is 0.497 e. The van der Waals surface area contributed by atoms with E-state index in [4.69, 9.17) is 30.5 Å². The first-order valence-corrected chi connectivity index (χ1v) is 19.3. The zero-order valence-corrected chi connectivity index (χ0v) is 31.0. The van der Waals surface area contributed by atoms with E-state index >= 15 is 4.79 Å². The van der Waals surface area contributed by atoms with Gasteiger partial charge in [0.15, 0.2) is 5.54 Å². The van der Waals surface area contributed by atoms with Crippen molar-refractivity contribution in [2.24, 2.45) is 0 Å². The summed E-state index contributed by atoms with van der Waals surface area (Å²) in [5, 5.41) is 3.23. The molecule has 0 unspecified atom stereocenters. The van der Waals surface area contributed by atoms with Crippen molar-refractivity contribution in [1.29, 1.82) is 0 Å². The van der Waals surface area contributed by atoms with Crippen LogP contribution in [0.2, 0.25) is 5.02 Å². The summed E-state index contributed by atoms with van der Waals surface area (Å²) in [6, 6.07) is 12.3. The fourth-order valence-electron chi connectivity index (χ4n) is 7.64. The number of sulfonamides is 1. The number of urea groups is 1. The number of fused-ring (bicyclic) bond motifs is 1. The zero-order valence-electron chi connectivity index (χ0n) is 29.4. The molecule has 1 atom stereocenters. The number of aromatic nitrogens is 1. The molecule has 5 heterocycles. The molecule has 3 aromatic rings. The van der Waals surface area contributed by atoms with Crippen molar-refractivity contribution >= 4 is 39.2 Å². The SMILES string of the molecule is CCOc1ncccc1[C@]1(NC(=O)N2CCN(C3CCN(C4COC4)CC3)CC2)C(=O)N(S(=O)(=O)c2ccc(OC)cc2OC)c2ccc(Cl)cc21. The molecule has 3 amide bonds. The van der Waals surface area contributed by atoms with Crippen molar-refractivity contribution in [2.45, 2.75) is 42.3 Å². The first kappa shape index (κ1) is 36.2. The van der Waals surface area contributed by atoms with Gasteiger partial charge in [0.1, 0.15) is 16.4 Å². The van der Waals surface area contributed by atoms with Gasteiger partial charge in [-0.1, -0.05) is 11.6 Å². The fraction of sp³-hybridized carbons (Fsp3) is 0.472. The quantitative estimate of drug-likeness (QED) is 0.326. The molecule has 1 N–H and O–H groups in total. The van der Waals surface area contributed by atoms with Crippen LogP contribution in [0.25, 0.3) is 0 Å². The predicted octanol–water partition coefficient (Wildman–Crippen LogP) is 3.32. The number of ether oxygens (including phenoxy) is 4. The molecule has 278 valence electrons. The van der Waals surface area contributed by atoms with Gasteiger partial charge in [0.25, 0.3) is 15.9 Å². The third kappa shape index (κ3) is 6.31. The van der Waals surface area contributed by atoms with Gasteiger partial charge in [0.05, 0.1) is 51.3 Å². The van der Waals surface area contributed by atoms with Gasteiger partial charge in [-0.25, -0.2) is 18.2 Å². The molecule has 0 radical (unpaired) electrons. The minimum Gasteiger partial charge on any atom is -0.497 e. The highest BCUT2D eigenvalue weighted by Gasteiger charge is 2.59. The van der Waals surface area contributed by atoms with E-state index < -0.39 is 27.5 Å². The Morgan fingerprint density at radius 2 is 1.69 bits per heavy atom. The van der Waals surface area contributed by atoms with Gasteiger partial charge in [-0.05, 0) is 62.2 Å². The number of methoxy groups -OCH3 is 2. The van der Waals surface area contributed by atoms with Gasteiger partial charge in [0, 0.05) is 68.2 Å². The maximum absolute atomic E-state index is 15.2. The summed E-state index contributed by atoms with van der Waals surface area (Å²) in [6.07, 6.45) is 3.62. The molecule has 52 heavy (non-hydrogen) atoms. The van der Waals surface area contributed by atoms with E-state index in [1.807, 2.05) is 0 Å². The van der Waals surface area contributed by atoms with E-state index in [0.29, 0.717) is 48.3 Å². The van der Waals surface area contributed by atoms with E-state index in [-0.39, 0.29) is 45.0 Å². The molecule has 2 aromatic carbocycles. The maximum atomic E-state index is 15.2. The van der Waals surface area contributed by atoms with Crippen LogP contribution in [0.3, 0.4) is 0 Å². The first-order valence-electron chi connectivity index (χ1n) is 17.5. The lowest BCUT2D eigenvalue weighted by Gasteiger charge is -2.46. The van der Waals surface area contributed by atoms with Crippen LogP contribution in [0, 0.1) is 0 Å². The van der Waals surface area contributed by atoms with Gasteiger partial charge in [-0.2, -0.15) is 4.31 Å². The number of nitrogens with zero attached hydrogens (tertiary/aromatic N) is 5. The Bertz CT molecular complexity index is 1930. The van der Waals surface area contributed by atoms with Crippen LogP contribution in [0.15, 0.2) is 59.6 Å². The summed E-state index contributed by atoms with van der Waals surface area (Å²) in [4.78, 5) is 40.3. The molecular formula is C36H43ClN6O8S. The molecule has 0 bridgehead atoms. The third-order valence-electron chi connectivity index (χ3n) is 10.5. The number of carbonyl (C=O) groups excluding carboxylic acids is 2. The topological polar surface area (TPSA) is 143 Å². The number of hydrogen-bond acceptors (Lipinski definition) is 11. The Balaban J connectivity index is 1.23. The number of carbonyl (C=O) groups is 2. The zero-order chi connectivity index (χ0) is 36.6. The minimum atomic E-state index is -4.66. The normalized spacial score (nSPS) is 21.8. The molecule has 14 nitrogen and oxygen atoms in total. The Morgan fingerprint density at radius 3 is 2.35 bits per heavy atom. The number of rotatable bonds is 10. The predicted molar refractivity (Wildman–Crippen MR) is 193 cm³/mol. The summed E-state index contributed by atoms with van der Waals surface area (Å²) in [5.41, 5.74) is -1.74.